The third kappa shape index (κ3) is 6.83. The number of aryl methyl sites for hydroxylation is 1. The molecule has 204 valence electrons. The summed E-state index contributed by atoms with van der Waals surface area (Å²) in [6, 6.07) is 17.4. The van der Waals surface area contributed by atoms with E-state index in [1.807, 2.05) is 55.5 Å². The van der Waals surface area contributed by atoms with Crippen LogP contribution in [0.2, 0.25) is 0 Å². The lowest BCUT2D eigenvalue weighted by molar-refractivity contribution is 0.101. The molecule has 8 nitrogen and oxygen atoms in total. The van der Waals surface area contributed by atoms with Gasteiger partial charge in [0, 0.05) is 80.1 Å². The van der Waals surface area contributed by atoms with Crippen LogP contribution < -0.4 is 5.32 Å². The summed E-state index contributed by atoms with van der Waals surface area (Å²) in [5, 5.41) is 3.04. The Bertz CT molecular complexity index is 1510. The van der Waals surface area contributed by atoms with Gasteiger partial charge in [-0.05, 0) is 74.0 Å². The summed E-state index contributed by atoms with van der Waals surface area (Å²) in [7, 11) is 2.16. The molecular formula is C32H34N6O2. The molecule has 0 aliphatic carbocycles. The van der Waals surface area contributed by atoms with Gasteiger partial charge in [-0.25, -0.2) is 9.97 Å². The van der Waals surface area contributed by atoms with Crippen molar-refractivity contribution >= 4 is 17.4 Å². The van der Waals surface area contributed by atoms with Crippen molar-refractivity contribution in [2.75, 3.05) is 38.5 Å². The fraction of sp³-hybridized carbons (Fsp3) is 0.281. The van der Waals surface area contributed by atoms with E-state index in [4.69, 9.17) is 4.98 Å². The topological polar surface area (TPSA) is 91.3 Å². The molecule has 0 atom stereocenters. The minimum absolute atomic E-state index is 0.0419. The van der Waals surface area contributed by atoms with Crippen LogP contribution in [0.5, 0.6) is 0 Å². The van der Waals surface area contributed by atoms with Gasteiger partial charge in [0.25, 0.3) is 5.91 Å². The Morgan fingerprint density at radius 3 is 2.45 bits per heavy atom. The first-order chi connectivity index (χ1) is 19.3. The zero-order chi connectivity index (χ0) is 28.1. The van der Waals surface area contributed by atoms with Gasteiger partial charge in [-0.15, -0.1) is 0 Å². The molecule has 1 aliphatic rings. The molecule has 1 saturated heterocycles. The van der Waals surface area contributed by atoms with Gasteiger partial charge in [-0.2, -0.15) is 0 Å². The molecule has 3 heterocycles. The van der Waals surface area contributed by atoms with Crippen LogP contribution in [0, 0.1) is 6.92 Å². The molecule has 0 spiro atoms. The van der Waals surface area contributed by atoms with Crippen molar-refractivity contribution in [2.45, 2.75) is 26.8 Å². The number of nitrogens with one attached hydrogen (secondary N) is 1. The number of carbonyl (C=O) groups is 2. The van der Waals surface area contributed by atoms with Crippen LogP contribution in [0.15, 0.2) is 73.2 Å². The smallest absolute Gasteiger partial charge is 0.255 e. The number of hydrogen-bond donors (Lipinski definition) is 1. The minimum atomic E-state index is -0.142. The number of likely N-dealkylation sites (N-methyl/N-ethyl adjacent to an activating group) is 1. The Morgan fingerprint density at radius 2 is 1.70 bits per heavy atom. The second-order valence-electron chi connectivity index (χ2n) is 10.4. The number of amides is 1. The van der Waals surface area contributed by atoms with Crippen molar-refractivity contribution in [3.05, 3.63) is 107 Å². The second-order valence-corrected chi connectivity index (χ2v) is 10.4. The van der Waals surface area contributed by atoms with E-state index in [-0.39, 0.29) is 11.7 Å². The summed E-state index contributed by atoms with van der Waals surface area (Å²) in [4.78, 5) is 42.9. The van der Waals surface area contributed by atoms with E-state index >= 15 is 0 Å². The fourth-order valence-electron chi connectivity index (χ4n) is 4.76. The van der Waals surface area contributed by atoms with Crippen molar-refractivity contribution in [1.82, 2.24) is 24.8 Å². The Balaban J connectivity index is 1.25. The molecule has 1 N–H and O–H groups in total. The average molecular weight is 535 g/mol. The minimum Gasteiger partial charge on any atom is -0.322 e. The molecule has 5 rings (SSSR count). The summed E-state index contributed by atoms with van der Waals surface area (Å²) in [6.07, 6.45) is 5.47. The number of hydrogen-bond acceptors (Lipinski definition) is 7. The van der Waals surface area contributed by atoms with E-state index in [1.54, 1.807) is 24.7 Å². The van der Waals surface area contributed by atoms with Crippen LogP contribution in [0.1, 0.15) is 50.2 Å². The molecule has 0 unspecified atom stereocenters. The van der Waals surface area contributed by atoms with Crippen LogP contribution in [0.4, 0.5) is 5.69 Å². The number of pyridine rings is 1. The summed E-state index contributed by atoms with van der Waals surface area (Å²) in [6.45, 7) is 8.75. The quantitative estimate of drug-likeness (QED) is 0.329. The Labute approximate surface area is 235 Å². The van der Waals surface area contributed by atoms with Gasteiger partial charge in [-0.3, -0.25) is 19.5 Å². The highest BCUT2D eigenvalue weighted by Crippen LogP contribution is 2.21. The molecule has 1 amide bonds. The third-order valence-corrected chi connectivity index (χ3v) is 7.32. The lowest BCUT2D eigenvalue weighted by Gasteiger charge is -2.32. The molecule has 0 radical (unpaired) electrons. The number of benzene rings is 2. The standard InChI is InChI=1S/C32H34N6O2/c1-22-4-9-29(35-32(40)25-7-5-24(6-8-25)21-38-14-12-37(3)13-15-38)17-26(22)18-31-34-11-10-30(36-31)28-16-27(23(2)39)19-33-20-28/h4-11,16-17,19-20H,12-15,18,21H2,1-3H3,(H,35,40). The molecule has 40 heavy (non-hydrogen) atoms. The Hall–Kier alpha value is -4.27. The monoisotopic (exact) mass is 534 g/mol. The Morgan fingerprint density at radius 1 is 0.925 bits per heavy atom. The second kappa shape index (κ2) is 12.3. The molecule has 8 heteroatoms. The van der Waals surface area contributed by atoms with Gasteiger partial charge < -0.3 is 10.2 Å². The number of piperazine rings is 1. The number of carbonyl (C=O) groups excluding carboxylic acids is 2. The molecule has 0 bridgehead atoms. The number of nitrogens with zero attached hydrogens (tertiary/aromatic N) is 5. The number of aromatic nitrogens is 3. The molecule has 4 aromatic rings. The van der Waals surface area contributed by atoms with E-state index in [0.29, 0.717) is 29.1 Å². The van der Waals surface area contributed by atoms with Crippen LogP contribution >= 0.6 is 0 Å². The van der Waals surface area contributed by atoms with Gasteiger partial charge in [0.2, 0.25) is 0 Å². The highest BCUT2D eigenvalue weighted by molar-refractivity contribution is 6.04. The van der Waals surface area contributed by atoms with E-state index in [1.165, 1.54) is 12.5 Å². The van der Waals surface area contributed by atoms with Crippen molar-refractivity contribution in [1.29, 1.82) is 0 Å². The maximum absolute atomic E-state index is 13.0. The lowest BCUT2D eigenvalue weighted by Crippen LogP contribution is -2.43. The molecule has 0 saturated carbocycles. The highest BCUT2D eigenvalue weighted by atomic mass is 16.1. The van der Waals surface area contributed by atoms with Crippen LogP contribution in [-0.4, -0.2) is 69.7 Å². The van der Waals surface area contributed by atoms with Gasteiger partial charge >= 0.3 is 0 Å². The van der Waals surface area contributed by atoms with Gasteiger partial charge in [0.15, 0.2) is 5.78 Å². The predicted octanol–water partition coefficient (Wildman–Crippen LogP) is 4.64. The van der Waals surface area contributed by atoms with Crippen molar-refractivity contribution in [3.63, 3.8) is 0 Å². The zero-order valence-electron chi connectivity index (χ0n) is 23.2. The first-order valence-electron chi connectivity index (χ1n) is 13.5. The molecule has 2 aromatic carbocycles. The van der Waals surface area contributed by atoms with Gasteiger partial charge in [0.1, 0.15) is 5.82 Å². The number of ketones is 1. The number of Topliss-reactive ketones (excluding diaryl/α,β-unsaturated/α-hetero) is 1. The summed E-state index contributed by atoms with van der Waals surface area (Å²) >= 11 is 0. The van der Waals surface area contributed by atoms with Crippen molar-refractivity contribution in [2.24, 2.45) is 0 Å². The maximum atomic E-state index is 13.0. The molecule has 1 aliphatic heterocycles. The van der Waals surface area contributed by atoms with Gasteiger partial charge in [0.05, 0.1) is 5.69 Å². The molecular weight excluding hydrogens is 500 g/mol. The van der Waals surface area contributed by atoms with Crippen molar-refractivity contribution in [3.8, 4) is 11.3 Å². The van der Waals surface area contributed by atoms with Gasteiger partial charge in [-0.1, -0.05) is 18.2 Å². The van der Waals surface area contributed by atoms with E-state index < -0.39 is 0 Å². The normalized spacial score (nSPS) is 14.2. The van der Waals surface area contributed by atoms with Crippen molar-refractivity contribution < 1.29 is 9.59 Å². The third-order valence-electron chi connectivity index (χ3n) is 7.32. The summed E-state index contributed by atoms with van der Waals surface area (Å²) in [5.41, 5.74) is 6.69. The molecule has 2 aromatic heterocycles. The van der Waals surface area contributed by atoms with E-state index in [0.717, 1.165) is 55.1 Å². The number of rotatable bonds is 8. The maximum Gasteiger partial charge on any atom is 0.255 e. The fourth-order valence-corrected chi connectivity index (χ4v) is 4.76. The van der Waals surface area contributed by atoms with Crippen LogP contribution in [0.25, 0.3) is 11.3 Å². The lowest BCUT2D eigenvalue weighted by atomic mass is 10.0. The number of anilines is 1. The van der Waals surface area contributed by atoms with Crippen LogP contribution in [0.3, 0.4) is 0 Å². The summed E-state index contributed by atoms with van der Waals surface area (Å²) < 4.78 is 0. The first kappa shape index (κ1) is 27.3. The summed E-state index contributed by atoms with van der Waals surface area (Å²) in [5.74, 6) is 0.463. The van der Waals surface area contributed by atoms with E-state index in [2.05, 4.69) is 32.1 Å². The Kier molecular flexibility index (Phi) is 8.38. The van der Waals surface area contributed by atoms with Crippen LogP contribution in [-0.2, 0) is 13.0 Å². The van der Waals surface area contributed by atoms with E-state index in [9.17, 15) is 9.59 Å². The largest absolute Gasteiger partial charge is 0.322 e. The predicted molar refractivity (Wildman–Crippen MR) is 156 cm³/mol. The average Bonchev–Trinajstić information content (AvgIpc) is 2.96. The molecule has 1 fully saturated rings. The highest BCUT2D eigenvalue weighted by Gasteiger charge is 2.15. The first-order valence-corrected chi connectivity index (χ1v) is 13.5. The SMILES string of the molecule is CC(=O)c1cncc(-c2ccnc(Cc3cc(NC(=O)c4ccc(CN5CCN(C)CC5)cc4)ccc3C)n2)c1. The zero-order valence-corrected chi connectivity index (χ0v) is 23.2.